The van der Waals surface area contributed by atoms with E-state index in [0.29, 0.717) is 28.2 Å². The van der Waals surface area contributed by atoms with Crippen LogP contribution in [-0.2, 0) is 11.2 Å². The van der Waals surface area contributed by atoms with E-state index in [2.05, 4.69) is 13.0 Å². The Morgan fingerprint density at radius 1 is 1.13 bits per heavy atom. The van der Waals surface area contributed by atoms with Gasteiger partial charge < -0.3 is 9.47 Å². The number of benzene rings is 2. The molecular weight excluding hydrogens is 396 g/mol. The quantitative estimate of drug-likeness (QED) is 0.538. The topological polar surface area (TPSA) is 51.1 Å². The molecule has 0 spiro atoms. The van der Waals surface area contributed by atoms with Crippen LogP contribution in [0, 0.1) is 0 Å². The normalized spacial score (nSPS) is 16.7. The predicted octanol–water partition coefficient (Wildman–Crippen LogP) is 5.67. The molecule has 0 aromatic heterocycles. The molecule has 158 valence electrons. The summed E-state index contributed by atoms with van der Waals surface area (Å²) in [6, 6.07) is 13.7. The summed E-state index contributed by atoms with van der Waals surface area (Å²) in [5.41, 5.74) is 2.94. The number of nitrogens with zero attached hydrogens (tertiary/aromatic N) is 2. The first-order valence-corrected chi connectivity index (χ1v) is 11.0. The van der Waals surface area contributed by atoms with E-state index >= 15 is 0 Å². The molecule has 0 unspecified atom stereocenters. The minimum atomic E-state index is -0.0619. The van der Waals surface area contributed by atoms with Crippen LogP contribution in [0.3, 0.4) is 0 Å². The lowest BCUT2D eigenvalue weighted by molar-refractivity contribution is -0.121. The molecular formula is C24H28N2O3S. The third-order valence-electron chi connectivity index (χ3n) is 4.52. The van der Waals surface area contributed by atoms with Crippen molar-refractivity contribution in [3.63, 3.8) is 0 Å². The van der Waals surface area contributed by atoms with Gasteiger partial charge in [0.2, 0.25) is 0 Å². The van der Waals surface area contributed by atoms with E-state index in [1.807, 2.05) is 63.2 Å². The highest BCUT2D eigenvalue weighted by Gasteiger charge is 2.30. The third kappa shape index (κ3) is 5.05. The van der Waals surface area contributed by atoms with E-state index in [1.54, 1.807) is 11.9 Å². The molecule has 1 fully saturated rings. The fourth-order valence-electron chi connectivity index (χ4n) is 3.06. The lowest BCUT2D eigenvalue weighted by Gasteiger charge is -2.15. The van der Waals surface area contributed by atoms with Crippen molar-refractivity contribution in [2.45, 2.75) is 40.2 Å². The van der Waals surface area contributed by atoms with Gasteiger partial charge in [0.25, 0.3) is 5.91 Å². The van der Waals surface area contributed by atoms with Crippen LogP contribution < -0.4 is 9.47 Å². The molecule has 1 aliphatic heterocycles. The van der Waals surface area contributed by atoms with E-state index in [-0.39, 0.29) is 12.0 Å². The molecule has 5 nitrogen and oxygen atoms in total. The molecule has 3 rings (SSSR count). The van der Waals surface area contributed by atoms with Gasteiger partial charge in [0.1, 0.15) is 0 Å². The van der Waals surface area contributed by atoms with Crippen LogP contribution in [0.5, 0.6) is 11.5 Å². The number of amides is 1. The third-order valence-corrected chi connectivity index (χ3v) is 5.58. The van der Waals surface area contributed by atoms with Gasteiger partial charge >= 0.3 is 0 Å². The van der Waals surface area contributed by atoms with Gasteiger partial charge in [0.15, 0.2) is 16.7 Å². The zero-order chi connectivity index (χ0) is 21.7. The van der Waals surface area contributed by atoms with Gasteiger partial charge in [-0.25, -0.2) is 4.99 Å². The van der Waals surface area contributed by atoms with Crippen molar-refractivity contribution in [1.82, 2.24) is 4.90 Å². The SMILES string of the molecule is CCOc1cc(/C=C2/SC(=Nc3ccccc3CC)N(C)C2=O)ccc1OC(C)C. The molecule has 0 bridgehead atoms. The van der Waals surface area contributed by atoms with Gasteiger partial charge in [-0.3, -0.25) is 9.69 Å². The van der Waals surface area contributed by atoms with Gasteiger partial charge in [0.05, 0.1) is 23.3 Å². The molecule has 1 heterocycles. The standard InChI is InChI=1S/C24H28N2O3S/c1-6-18-10-8-9-11-19(18)25-24-26(5)23(27)22(30-24)15-17-12-13-20(29-16(3)4)21(14-17)28-7-2/h8-16H,6-7H2,1-5H3/b22-15+,25-24?. The number of rotatable bonds is 7. The zero-order valence-electron chi connectivity index (χ0n) is 18.1. The lowest BCUT2D eigenvalue weighted by atomic mass is 10.1. The summed E-state index contributed by atoms with van der Waals surface area (Å²) >= 11 is 1.39. The van der Waals surface area contributed by atoms with Crippen molar-refractivity contribution in [3.8, 4) is 11.5 Å². The highest BCUT2D eigenvalue weighted by molar-refractivity contribution is 8.18. The monoisotopic (exact) mass is 424 g/mol. The summed E-state index contributed by atoms with van der Waals surface area (Å²) < 4.78 is 11.6. The summed E-state index contributed by atoms with van der Waals surface area (Å²) in [7, 11) is 1.76. The number of hydrogen-bond acceptors (Lipinski definition) is 5. The Bertz CT molecular complexity index is 982. The van der Waals surface area contributed by atoms with Crippen molar-refractivity contribution >= 4 is 34.6 Å². The van der Waals surface area contributed by atoms with Crippen LogP contribution in [0.2, 0.25) is 0 Å². The molecule has 0 radical (unpaired) electrons. The summed E-state index contributed by atoms with van der Waals surface area (Å²) in [5.74, 6) is 1.32. The van der Waals surface area contributed by atoms with Crippen LogP contribution in [0.25, 0.3) is 6.08 Å². The number of aliphatic imine (C=N–C) groups is 1. The largest absolute Gasteiger partial charge is 0.490 e. The maximum absolute atomic E-state index is 12.8. The highest BCUT2D eigenvalue weighted by Crippen LogP contribution is 2.36. The molecule has 1 aliphatic rings. The van der Waals surface area contributed by atoms with E-state index in [4.69, 9.17) is 14.5 Å². The highest BCUT2D eigenvalue weighted by atomic mass is 32.2. The van der Waals surface area contributed by atoms with Crippen LogP contribution >= 0.6 is 11.8 Å². The molecule has 6 heteroatoms. The number of amidine groups is 1. The number of hydrogen-bond donors (Lipinski definition) is 0. The number of carbonyl (C=O) groups is 1. The molecule has 0 aliphatic carbocycles. The van der Waals surface area contributed by atoms with Crippen LogP contribution in [0.15, 0.2) is 52.4 Å². The zero-order valence-corrected chi connectivity index (χ0v) is 19.0. The van der Waals surface area contributed by atoms with Crippen LogP contribution in [-0.4, -0.2) is 35.7 Å². The Hall–Kier alpha value is -2.73. The number of carbonyl (C=O) groups excluding carboxylic acids is 1. The van der Waals surface area contributed by atoms with Gasteiger partial charge in [-0.05, 0) is 74.4 Å². The van der Waals surface area contributed by atoms with Gasteiger partial charge in [-0.2, -0.15) is 0 Å². The second-order valence-corrected chi connectivity index (χ2v) is 8.17. The van der Waals surface area contributed by atoms with Crippen molar-refractivity contribution in [2.24, 2.45) is 4.99 Å². The summed E-state index contributed by atoms with van der Waals surface area (Å²) in [6.45, 7) is 8.54. The maximum atomic E-state index is 12.8. The molecule has 2 aromatic carbocycles. The van der Waals surface area contributed by atoms with E-state index in [9.17, 15) is 4.79 Å². The molecule has 0 saturated carbocycles. The smallest absolute Gasteiger partial charge is 0.266 e. The van der Waals surface area contributed by atoms with Crippen molar-refractivity contribution in [1.29, 1.82) is 0 Å². The molecule has 30 heavy (non-hydrogen) atoms. The number of ether oxygens (including phenoxy) is 2. The average Bonchev–Trinajstić information content (AvgIpc) is 2.98. The minimum Gasteiger partial charge on any atom is -0.490 e. The van der Waals surface area contributed by atoms with Crippen molar-refractivity contribution in [2.75, 3.05) is 13.7 Å². The predicted molar refractivity (Wildman–Crippen MR) is 125 cm³/mol. The number of para-hydroxylation sites is 1. The number of aryl methyl sites for hydroxylation is 1. The van der Waals surface area contributed by atoms with Crippen LogP contribution in [0.1, 0.15) is 38.8 Å². The molecule has 1 saturated heterocycles. The Labute approximate surface area is 182 Å². The van der Waals surface area contributed by atoms with E-state index in [1.165, 1.54) is 11.8 Å². The van der Waals surface area contributed by atoms with Gasteiger partial charge in [0, 0.05) is 7.05 Å². The first-order valence-electron chi connectivity index (χ1n) is 10.2. The van der Waals surface area contributed by atoms with Gasteiger partial charge in [-0.1, -0.05) is 31.2 Å². The Morgan fingerprint density at radius 3 is 2.60 bits per heavy atom. The minimum absolute atomic E-state index is 0.0544. The fourth-order valence-corrected chi connectivity index (χ4v) is 4.04. The van der Waals surface area contributed by atoms with Crippen molar-refractivity contribution in [3.05, 3.63) is 58.5 Å². The second-order valence-electron chi connectivity index (χ2n) is 7.16. The first-order chi connectivity index (χ1) is 14.4. The Kier molecular flexibility index (Phi) is 7.21. The molecule has 2 aromatic rings. The fraction of sp³-hybridized carbons (Fsp3) is 0.333. The van der Waals surface area contributed by atoms with Crippen LogP contribution in [0.4, 0.5) is 5.69 Å². The number of likely N-dealkylation sites (N-methyl/N-ethyl adjacent to an activating group) is 1. The summed E-state index contributed by atoms with van der Waals surface area (Å²) in [5, 5.41) is 0.678. The lowest BCUT2D eigenvalue weighted by Crippen LogP contribution is -2.23. The molecule has 0 N–H and O–H groups in total. The number of thioether (sulfide) groups is 1. The van der Waals surface area contributed by atoms with Gasteiger partial charge in [-0.15, -0.1) is 0 Å². The van der Waals surface area contributed by atoms with E-state index in [0.717, 1.165) is 23.2 Å². The van der Waals surface area contributed by atoms with Crippen molar-refractivity contribution < 1.29 is 14.3 Å². The maximum Gasteiger partial charge on any atom is 0.266 e. The summed E-state index contributed by atoms with van der Waals surface area (Å²) in [4.78, 5) is 19.8. The molecule has 1 amide bonds. The molecule has 0 atom stereocenters. The average molecular weight is 425 g/mol. The summed E-state index contributed by atoms with van der Waals surface area (Å²) in [6.07, 6.45) is 2.82. The van der Waals surface area contributed by atoms with E-state index < -0.39 is 0 Å². The second kappa shape index (κ2) is 9.85. The Morgan fingerprint density at radius 2 is 1.90 bits per heavy atom. The Balaban J connectivity index is 1.90. The first kappa shape index (κ1) is 22.0.